The molecule has 0 spiro atoms. The molecular weight excluding hydrogens is 382 g/mol. The fourth-order valence-corrected chi connectivity index (χ4v) is 3.79. The summed E-state index contributed by atoms with van der Waals surface area (Å²) in [5.41, 5.74) is 1.77. The Hall–Kier alpha value is -2.70. The van der Waals surface area contributed by atoms with Crippen LogP contribution in [-0.2, 0) is 11.2 Å². The fourth-order valence-electron chi connectivity index (χ4n) is 2.93. The molecule has 1 unspecified atom stereocenters. The number of carbonyl (C=O) groups is 1. The highest BCUT2D eigenvalue weighted by atomic mass is 35.5. The summed E-state index contributed by atoms with van der Waals surface area (Å²) in [4.78, 5) is 21.6. The summed E-state index contributed by atoms with van der Waals surface area (Å²) < 4.78 is 6.07. The second-order valence-electron chi connectivity index (χ2n) is 6.05. The minimum absolute atomic E-state index is 0.146. The van der Waals surface area contributed by atoms with Crippen molar-refractivity contribution in [1.29, 1.82) is 0 Å². The zero-order valence-electron chi connectivity index (χ0n) is 14.3. The van der Waals surface area contributed by atoms with E-state index in [1.165, 1.54) is 6.08 Å². The van der Waals surface area contributed by atoms with E-state index in [4.69, 9.17) is 16.3 Å². The minimum atomic E-state index is -0.153. The number of aromatic nitrogens is 2. The normalized spacial score (nSPS) is 15.5. The summed E-state index contributed by atoms with van der Waals surface area (Å²) in [6.07, 6.45) is 7.22. The molecule has 1 aliphatic rings. The maximum absolute atomic E-state index is 12.0. The van der Waals surface area contributed by atoms with Crippen LogP contribution in [0.1, 0.15) is 10.4 Å². The van der Waals surface area contributed by atoms with Gasteiger partial charge in [0.1, 0.15) is 11.9 Å². The molecule has 0 radical (unpaired) electrons. The Kier molecular flexibility index (Phi) is 5.18. The van der Waals surface area contributed by atoms with E-state index in [1.807, 2.05) is 23.6 Å². The maximum atomic E-state index is 12.0. The number of benzene rings is 1. The first-order chi connectivity index (χ1) is 13.2. The lowest BCUT2D eigenvalue weighted by Crippen LogP contribution is -2.33. The number of nitrogens with one attached hydrogen (secondary N) is 1. The van der Waals surface area contributed by atoms with Gasteiger partial charge in [-0.1, -0.05) is 17.7 Å². The molecule has 5 nitrogen and oxygen atoms in total. The molecule has 2 aromatic heterocycles. The Balaban J connectivity index is 1.43. The van der Waals surface area contributed by atoms with Gasteiger partial charge in [0.05, 0.1) is 12.1 Å². The van der Waals surface area contributed by atoms with Crippen molar-refractivity contribution in [3.63, 3.8) is 0 Å². The Morgan fingerprint density at radius 3 is 2.96 bits per heavy atom. The van der Waals surface area contributed by atoms with Crippen LogP contribution in [0.5, 0.6) is 5.75 Å². The van der Waals surface area contributed by atoms with E-state index in [-0.39, 0.29) is 12.0 Å². The predicted octanol–water partition coefficient (Wildman–Crippen LogP) is 3.99. The Labute approximate surface area is 165 Å². The first-order valence-corrected chi connectivity index (χ1v) is 9.70. The van der Waals surface area contributed by atoms with Gasteiger partial charge in [0, 0.05) is 40.4 Å². The van der Waals surface area contributed by atoms with Crippen LogP contribution in [0.2, 0.25) is 5.02 Å². The molecule has 0 saturated heterocycles. The second-order valence-corrected chi connectivity index (χ2v) is 7.47. The summed E-state index contributed by atoms with van der Waals surface area (Å²) in [5, 5.41) is 5.47. The van der Waals surface area contributed by atoms with Gasteiger partial charge >= 0.3 is 0 Å². The van der Waals surface area contributed by atoms with Crippen LogP contribution in [0.4, 0.5) is 0 Å². The molecule has 136 valence electrons. The fraction of sp³-hybridized carbons (Fsp3) is 0.150. The molecule has 0 aliphatic carbocycles. The monoisotopic (exact) mass is 397 g/mol. The minimum Gasteiger partial charge on any atom is -0.487 e. The molecule has 1 N–H and O–H groups in total. The van der Waals surface area contributed by atoms with Crippen LogP contribution in [0.15, 0.2) is 54.2 Å². The van der Waals surface area contributed by atoms with Gasteiger partial charge in [-0.25, -0.2) is 9.97 Å². The molecule has 0 bridgehead atoms. The topological polar surface area (TPSA) is 64.1 Å². The van der Waals surface area contributed by atoms with Gasteiger partial charge in [-0.3, -0.25) is 4.79 Å². The van der Waals surface area contributed by atoms with E-state index < -0.39 is 0 Å². The van der Waals surface area contributed by atoms with Gasteiger partial charge < -0.3 is 10.1 Å². The molecule has 1 aliphatic heterocycles. The summed E-state index contributed by atoms with van der Waals surface area (Å²) in [6.45, 7) is 0.412. The van der Waals surface area contributed by atoms with Crippen molar-refractivity contribution in [2.24, 2.45) is 0 Å². The average molecular weight is 398 g/mol. The van der Waals surface area contributed by atoms with Crippen LogP contribution >= 0.6 is 22.9 Å². The number of carbonyl (C=O) groups excluding carboxylic acids is 1. The third-order valence-electron chi connectivity index (χ3n) is 4.12. The summed E-state index contributed by atoms with van der Waals surface area (Å²) in [5.74, 6) is 1.16. The van der Waals surface area contributed by atoms with E-state index in [9.17, 15) is 4.79 Å². The van der Waals surface area contributed by atoms with Crippen LogP contribution < -0.4 is 10.1 Å². The number of fused-ring (bicyclic) bond motifs is 1. The van der Waals surface area contributed by atoms with Crippen molar-refractivity contribution in [3.05, 3.63) is 69.6 Å². The van der Waals surface area contributed by atoms with Gasteiger partial charge in [0.25, 0.3) is 0 Å². The molecule has 1 amide bonds. The molecule has 7 heteroatoms. The third-order valence-corrected chi connectivity index (χ3v) is 5.17. The highest BCUT2D eigenvalue weighted by molar-refractivity contribution is 7.10. The number of hydrogen-bond acceptors (Lipinski definition) is 5. The largest absolute Gasteiger partial charge is 0.487 e. The first kappa shape index (κ1) is 17.7. The van der Waals surface area contributed by atoms with Crippen molar-refractivity contribution in [1.82, 2.24) is 15.3 Å². The Morgan fingerprint density at radius 1 is 1.33 bits per heavy atom. The van der Waals surface area contributed by atoms with Crippen molar-refractivity contribution < 1.29 is 9.53 Å². The maximum Gasteiger partial charge on any atom is 0.244 e. The SMILES string of the molecule is O=C(/C=C/c1cccs1)NCC1Cc2cc(Cl)cc(-c3ncccn3)c2O1. The van der Waals surface area contributed by atoms with Crippen molar-refractivity contribution in [3.8, 4) is 17.1 Å². The molecule has 1 aromatic carbocycles. The van der Waals surface area contributed by atoms with Gasteiger partial charge in [-0.05, 0) is 35.7 Å². The van der Waals surface area contributed by atoms with Crippen LogP contribution in [0.3, 0.4) is 0 Å². The smallest absolute Gasteiger partial charge is 0.244 e. The summed E-state index contributed by atoms with van der Waals surface area (Å²) in [7, 11) is 0. The molecule has 27 heavy (non-hydrogen) atoms. The quantitative estimate of drug-likeness (QED) is 0.661. The Bertz CT molecular complexity index is 974. The number of halogens is 1. The second kappa shape index (κ2) is 7.90. The van der Waals surface area contributed by atoms with Crippen molar-refractivity contribution in [2.75, 3.05) is 6.54 Å². The molecule has 0 fully saturated rings. The van der Waals surface area contributed by atoms with Crippen molar-refractivity contribution >= 4 is 34.9 Å². The van der Waals surface area contributed by atoms with Gasteiger partial charge in [0.15, 0.2) is 5.82 Å². The lowest BCUT2D eigenvalue weighted by molar-refractivity contribution is -0.116. The van der Waals surface area contributed by atoms with E-state index in [2.05, 4.69) is 15.3 Å². The number of thiophene rings is 1. The van der Waals surface area contributed by atoms with Crippen LogP contribution in [0.25, 0.3) is 17.5 Å². The molecule has 1 atom stereocenters. The lowest BCUT2D eigenvalue weighted by atomic mass is 10.1. The summed E-state index contributed by atoms with van der Waals surface area (Å²) in [6, 6.07) is 9.37. The van der Waals surface area contributed by atoms with Gasteiger partial charge in [-0.2, -0.15) is 0 Å². The zero-order chi connectivity index (χ0) is 18.6. The molecule has 0 saturated carbocycles. The average Bonchev–Trinajstić information content (AvgIpc) is 3.34. The molecule has 4 rings (SSSR count). The van der Waals surface area contributed by atoms with E-state index in [0.717, 1.165) is 21.8 Å². The summed E-state index contributed by atoms with van der Waals surface area (Å²) >= 11 is 7.84. The van der Waals surface area contributed by atoms with Gasteiger partial charge in [-0.15, -0.1) is 11.3 Å². The van der Waals surface area contributed by atoms with Gasteiger partial charge in [0.2, 0.25) is 5.91 Å². The highest BCUT2D eigenvalue weighted by Gasteiger charge is 2.27. The van der Waals surface area contributed by atoms with Crippen LogP contribution in [0, 0.1) is 0 Å². The number of rotatable bonds is 5. The zero-order valence-corrected chi connectivity index (χ0v) is 15.8. The molecular formula is C20H16ClN3O2S. The number of nitrogens with zero attached hydrogens (tertiary/aromatic N) is 2. The van der Waals surface area contributed by atoms with E-state index in [1.54, 1.807) is 41.9 Å². The number of amides is 1. The van der Waals surface area contributed by atoms with Crippen LogP contribution in [-0.4, -0.2) is 28.5 Å². The van der Waals surface area contributed by atoms with E-state index >= 15 is 0 Å². The Morgan fingerprint density at radius 2 is 2.19 bits per heavy atom. The molecule has 3 heterocycles. The number of hydrogen-bond donors (Lipinski definition) is 1. The molecule has 3 aromatic rings. The number of ether oxygens (including phenoxy) is 1. The first-order valence-electron chi connectivity index (χ1n) is 8.45. The third kappa shape index (κ3) is 4.18. The predicted molar refractivity (Wildman–Crippen MR) is 107 cm³/mol. The standard InChI is InChI=1S/C20H16ClN3O2S/c21-14-9-13-10-15(12-24-18(25)5-4-16-3-1-8-27-16)26-19(13)17(11-14)20-22-6-2-7-23-20/h1-9,11,15H,10,12H2,(H,24,25)/b5-4+. The lowest BCUT2D eigenvalue weighted by Gasteiger charge is -2.12. The van der Waals surface area contributed by atoms with E-state index in [0.29, 0.717) is 23.8 Å². The van der Waals surface area contributed by atoms with Crippen molar-refractivity contribution in [2.45, 2.75) is 12.5 Å². The highest BCUT2D eigenvalue weighted by Crippen LogP contribution is 2.39.